The Bertz CT molecular complexity index is 1290. The number of carbonyl (C=O) groups excluding carboxylic acids is 1. The molecule has 0 bridgehead atoms. The molecule has 1 aliphatic rings. The smallest absolute Gasteiger partial charge is 0.238 e. The Morgan fingerprint density at radius 3 is 2.35 bits per heavy atom. The molecule has 1 unspecified atom stereocenters. The summed E-state index contributed by atoms with van der Waals surface area (Å²) >= 11 is 0. The van der Waals surface area contributed by atoms with Crippen LogP contribution in [0.4, 0.5) is 17.1 Å². The Morgan fingerprint density at radius 2 is 1.68 bits per heavy atom. The van der Waals surface area contributed by atoms with Crippen molar-refractivity contribution in [2.45, 2.75) is 19.3 Å². The highest BCUT2D eigenvalue weighted by molar-refractivity contribution is 7.92. The molecule has 176 valence electrons. The van der Waals surface area contributed by atoms with Gasteiger partial charge in [-0.1, -0.05) is 48.5 Å². The molecule has 1 heterocycles. The van der Waals surface area contributed by atoms with E-state index in [1.807, 2.05) is 54.6 Å². The molecule has 0 radical (unpaired) electrons. The van der Waals surface area contributed by atoms with E-state index in [2.05, 4.69) is 5.32 Å². The van der Waals surface area contributed by atoms with Gasteiger partial charge in [0.25, 0.3) is 0 Å². The van der Waals surface area contributed by atoms with Gasteiger partial charge in [0.15, 0.2) is 0 Å². The Labute approximate surface area is 200 Å². The lowest BCUT2D eigenvalue weighted by molar-refractivity contribution is -0.115. The fourth-order valence-electron chi connectivity index (χ4n) is 4.04. The van der Waals surface area contributed by atoms with Crippen LogP contribution in [0.15, 0.2) is 83.9 Å². The van der Waals surface area contributed by atoms with E-state index in [9.17, 15) is 13.2 Å². The number of aliphatic imine (C=N–C) groups is 1. The lowest BCUT2D eigenvalue weighted by Crippen LogP contribution is -2.34. The molecule has 7 nitrogen and oxygen atoms in total. The summed E-state index contributed by atoms with van der Waals surface area (Å²) in [6, 6.07) is 24.3. The van der Waals surface area contributed by atoms with E-state index in [0.717, 1.165) is 16.8 Å². The van der Waals surface area contributed by atoms with E-state index in [1.54, 1.807) is 31.2 Å². The van der Waals surface area contributed by atoms with Crippen LogP contribution >= 0.6 is 0 Å². The first-order chi connectivity index (χ1) is 16.4. The quantitative estimate of drug-likeness (QED) is 0.455. The first-order valence-electron chi connectivity index (χ1n) is 11.3. The summed E-state index contributed by atoms with van der Waals surface area (Å²) in [7, 11) is -3.43. The number of rotatable bonds is 9. The summed E-state index contributed by atoms with van der Waals surface area (Å²) in [5.74, 6) is -0.659. The number of sulfonamides is 1. The molecule has 1 atom stereocenters. The monoisotopic (exact) mass is 476 g/mol. The van der Waals surface area contributed by atoms with Gasteiger partial charge in [-0.3, -0.25) is 14.1 Å². The predicted molar refractivity (Wildman–Crippen MR) is 137 cm³/mol. The highest BCUT2D eigenvalue weighted by Gasteiger charge is 2.35. The predicted octanol–water partition coefficient (Wildman–Crippen LogP) is 4.05. The van der Waals surface area contributed by atoms with Gasteiger partial charge in [-0.25, -0.2) is 8.42 Å². The van der Waals surface area contributed by atoms with E-state index < -0.39 is 15.9 Å². The summed E-state index contributed by atoms with van der Waals surface area (Å²) in [6.07, 6.45) is 0.563. The number of para-hydroxylation sites is 1. The SMILES string of the molecule is CCS(=O)(=O)N(CCCN)c1ccc(N=C(c2ccccc2)C2C(=O)Nc3ccccc32)cc1. The van der Waals surface area contributed by atoms with Crippen molar-refractivity contribution in [2.24, 2.45) is 10.7 Å². The zero-order valence-electron chi connectivity index (χ0n) is 19.0. The average Bonchev–Trinajstić information content (AvgIpc) is 3.19. The molecule has 8 heteroatoms. The topological polar surface area (TPSA) is 105 Å². The first-order valence-corrected chi connectivity index (χ1v) is 12.9. The molecule has 3 aromatic rings. The molecule has 0 fully saturated rings. The number of hydrogen-bond donors (Lipinski definition) is 2. The van der Waals surface area contributed by atoms with Crippen molar-refractivity contribution < 1.29 is 13.2 Å². The molecular weight excluding hydrogens is 448 g/mol. The number of nitrogens with two attached hydrogens (primary N) is 1. The number of carbonyl (C=O) groups is 1. The van der Waals surface area contributed by atoms with Crippen LogP contribution in [0.5, 0.6) is 0 Å². The van der Waals surface area contributed by atoms with Gasteiger partial charge in [-0.15, -0.1) is 0 Å². The number of nitrogens with zero attached hydrogens (tertiary/aromatic N) is 2. The third-order valence-electron chi connectivity index (χ3n) is 5.79. The van der Waals surface area contributed by atoms with Crippen LogP contribution in [0.1, 0.15) is 30.4 Å². The van der Waals surface area contributed by atoms with Crippen LogP contribution in [0.3, 0.4) is 0 Å². The van der Waals surface area contributed by atoms with E-state index in [1.165, 1.54) is 4.31 Å². The molecule has 4 rings (SSSR count). The van der Waals surface area contributed by atoms with Crippen LogP contribution in [-0.4, -0.2) is 38.9 Å². The summed E-state index contributed by atoms with van der Waals surface area (Å²) in [6.45, 7) is 2.35. The van der Waals surface area contributed by atoms with E-state index in [0.29, 0.717) is 36.6 Å². The number of benzene rings is 3. The van der Waals surface area contributed by atoms with Crippen molar-refractivity contribution in [1.29, 1.82) is 0 Å². The second-order valence-electron chi connectivity index (χ2n) is 8.00. The molecule has 0 aliphatic carbocycles. The van der Waals surface area contributed by atoms with E-state index in [4.69, 9.17) is 10.7 Å². The highest BCUT2D eigenvalue weighted by Crippen LogP contribution is 2.36. The number of fused-ring (bicyclic) bond motifs is 1. The number of anilines is 2. The molecule has 1 amide bonds. The summed E-state index contributed by atoms with van der Waals surface area (Å²) in [5, 5.41) is 2.95. The van der Waals surface area contributed by atoms with Crippen molar-refractivity contribution in [2.75, 3.05) is 28.5 Å². The van der Waals surface area contributed by atoms with Gasteiger partial charge >= 0.3 is 0 Å². The molecule has 1 aliphatic heterocycles. The minimum atomic E-state index is -3.43. The largest absolute Gasteiger partial charge is 0.330 e. The van der Waals surface area contributed by atoms with Gasteiger partial charge in [0, 0.05) is 12.2 Å². The molecule has 34 heavy (non-hydrogen) atoms. The van der Waals surface area contributed by atoms with Crippen LogP contribution in [0.2, 0.25) is 0 Å². The van der Waals surface area contributed by atoms with E-state index in [-0.39, 0.29) is 11.7 Å². The third-order valence-corrected chi connectivity index (χ3v) is 7.58. The third kappa shape index (κ3) is 4.88. The molecule has 3 N–H and O–H groups in total. The van der Waals surface area contributed by atoms with Crippen molar-refractivity contribution >= 4 is 38.7 Å². The number of amides is 1. The summed E-state index contributed by atoms with van der Waals surface area (Å²) < 4.78 is 26.6. The van der Waals surface area contributed by atoms with Gasteiger partial charge in [0.1, 0.15) is 5.92 Å². The standard InChI is InChI=1S/C26H28N4O3S/c1-2-34(32,33)30(18-8-17-27)21-15-13-20(14-16-21)28-25(19-9-4-3-5-10-19)24-22-11-6-7-12-23(22)29-26(24)31/h3-7,9-16,24H,2,8,17-18,27H2,1H3,(H,29,31). The fourth-order valence-corrected chi connectivity index (χ4v) is 5.20. The fraction of sp³-hybridized carbons (Fsp3) is 0.231. The van der Waals surface area contributed by atoms with Gasteiger partial charge in [-0.2, -0.15) is 0 Å². The van der Waals surface area contributed by atoms with Gasteiger partial charge in [-0.05, 0) is 61.3 Å². The molecule has 3 aromatic carbocycles. The number of nitrogens with one attached hydrogen (secondary N) is 1. The van der Waals surface area contributed by atoms with Crippen LogP contribution < -0.4 is 15.4 Å². The maximum absolute atomic E-state index is 12.9. The summed E-state index contributed by atoms with van der Waals surface area (Å²) in [5.41, 5.74) is 9.96. The minimum Gasteiger partial charge on any atom is -0.330 e. The second kappa shape index (κ2) is 10.2. The normalized spacial score (nSPS) is 15.6. The Hall–Kier alpha value is -3.49. The van der Waals surface area contributed by atoms with Crippen LogP contribution in [0, 0.1) is 0 Å². The summed E-state index contributed by atoms with van der Waals surface area (Å²) in [4.78, 5) is 17.8. The lowest BCUT2D eigenvalue weighted by atomic mass is 9.90. The van der Waals surface area contributed by atoms with E-state index >= 15 is 0 Å². The van der Waals surface area contributed by atoms with Gasteiger partial charge in [0.05, 0.1) is 22.8 Å². The molecule has 0 saturated heterocycles. The Morgan fingerprint density at radius 1 is 1.00 bits per heavy atom. The molecule has 0 aromatic heterocycles. The van der Waals surface area contributed by atoms with Crippen molar-refractivity contribution in [1.82, 2.24) is 0 Å². The average molecular weight is 477 g/mol. The molecular formula is C26H28N4O3S. The Kier molecular flexibility index (Phi) is 7.09. The van der Waals surface area contributed by atoms with Crippen molar-refractivity contribution in [3.8, 4) is 0 Å². The maximum atomic E-state index is 12.9. The maximum Gasteiger partial charge on any atom is 0.238 e. The van der Waals surface area contributed by atoms with Crippen LogP contribution in [-0.2, 0) is 14.8 Å². The highest BCUT2D eigenvalue weighted by atomic mass is 32.2. The first kappa shape index (κ1) is 23.7. The zero-order valence-corrected chi connectivity index (χ0v) is 19.8. The van der Waals surface area contributed by atoms with Gasteiger partial charge < -0.3 is 11.1 Å². The van der Waals surface area contributed by atoms with Crippen molar-refractivity contribution in [3.63, 3.8) is 0 Å². The zero-order chi connectivity index (χ0) is 24.1. The Balaban J connectivity index is 1.74. The second-order valence-corrected chi connectivity index (χ2v) is 10.2. The molecule has 0 spiro atoms. The molecule has 0 saturated carbocycles. The van der Waals surface area contributed by atoms with Crippen molar-refractivity contribution in [3.05, 3.63) is 90.0 Å². The van der Waals surface area contributed by atoms with Gasteiger partial charge in [0.2, 0.25) is 15.9 Å². The number of hydrogen-bond acceptors (Lipinski definition) is 5. The minimum absolute atomic E-state index is 0.00579. The van der Waals surface area contributed by atoms with Crippen LogP contribution in [0.25, 0.3) is 0 Å². The lowest BCUT2D eigenvalue weighted by Gasteiger charge is -2.23.